The largest absolute Gasteiger partial charge is 0.486 e. The Morgan fingerprint density at radius 2 is 2.13 bits per heavy atom. The Kier molecular flexibility index (Phi) is 3.93. The minimum Gasteiger partial charge on any atom is -0.486 e. The number of aliphatic hydroxyl groups excluding tert-OH is 1. The third-order valence-electron chi connectivity index (χ3n) is 4.42. The van der Waals surface area contributed by atoms with Crippen molar-refractivity contribution in [3.05, 3.63) is 30.0 Å². The average molecular weight is 315 g/mol. The fourth-order valence-electron chi connectivity index (χ4n) is 3.30. The summed E-state index contributed by atoms with van der Waals surface area (Å²) < 4.78 is 11.2. The van der Waals surface area contributed by atoms with Crippen LogP contribution in [-0.4, -0.2) is 52.6 Å². The number of benzene rings is 1. The maximum absolute atomic E-state index is 9.83. The standard InChI is InChI=1S/C17H21N3O3/c21-14-2-1-5-20(11-14)10-13-9-18-19-17(13)12-3-4-15-16(8-12)23-7-6-22-15/h3-4,8-9,14,21H,1-2,5-7,10-11H2,(H,18,19). The Labute approximate surface area is 135 Å². The lowest BCUT2D eigenvalue weighted by Gasteiger charge is -2.29. The van der Waals surface area contributed by atoms with Crippen LogP contribution in [0.2, 0.25) is 0 Å². The molecule has 0 spiro atoms. The fraction of sp³-hybridized carbons (Fsp3) is 0.471. The number of likely N-dealkylation sites (tertiary alicyclic amines) is 1. The van der Waals surface area contributed by atoms with Gasteiger partial charge in [0, 0.05) is 24.2 Å². The van der Waals surface area contributed by atoms with Gasteiger partial charge in [-0.05, 0) is 37.6 Å². The van der Waals surface area contributed by atoms with Gasteiger partial charge in [0.05, 0.1) is 18.0 Å². The molecular formula is C17H21N3O3. The van der Waals surface area contributed by atoms with E-state index in [4.69, 9.17) is 9.47 Å². The van der Waals surface area contributed by atoms with Crippen LogP contribution in [0, 0.1) is 0 Å². The number of nitrogens with zero attached hydrogens (tertiary/aromatic N) is 2. The van der Waals surface area contributed by atoms with Gasteiger partial charge in [0.25, 0.3) is 0 Å². The quantitative estimate of drug-likeness (QED) is 0.904. The molecule has 122 valence electrons. The van der Waals surface area contributed by atoms with Crippen LogP contribution in [0.1, 0.15) is 18.4 Å². The first kappa shape index (κ1) is 14.5. The van der Waals surface area contributed by atoms with E-state index >= 15 is 0 Å². The summed E-state index contributed by atoms with van der Waals surface area (Å²) in [5.41, 5.74) is 3.18. The SMILES string of the molecule is OC1CCCN(Cc2cn[nH]c2-c2ccc3c(c2)OCCO3)C1. The summed E-state index contributed by atoms with van der Waals surface area (Å²) in [6.07, 6.45) is 3.59. The van der Waals surface area contributed by atoms with E-state index in [1.807, 2.05) is 24.4 Å². The Morgan fingerprint density at radius 3 is 3.00 bits per heavy atom. The van der Waals surface area contributed by atoms with E-state index < -0.39 is 0 Å². The Bertz CT molecular complexity index is 685. The maximum atomic E-state index is 9.83. The smallest absolute Gasteiger partial charge is 0.162 e. The number of β-amino-alcohol motifs (C(OH)–C–C–N with tert-alkyl or cyclic N) is 1. The third-order valence-corrected chi connectivity index (χ3v) is 4.42. The number of nitrogens with one attached hydrogen (secondary N) is 1. The van der Waals surface area contributed by atoms with Crippen molar-refractivity contribution < 1.29 is 14.6 Å². The molecule has 1 aromatic heterocycles. The third kappa shape index (κ3) is 3.04. The first-order valence-corrected chi connectivity index (χ1v) is 8.12. The summed E-state index contributed by atoms with van der Waals surface area (Å²) in [5.74, 6) is 1.57. The summed E-state index contributed by atoms with van der Waals surface area (Å²) in [6.45, 7) is 3.71. The summed E-state index contributed by atoms with van der Waals surface area (Å²) in [6, 6.07) is 5.96. The van der Waals surface area contributed by atoms with Gasteiger partial charge in [-0.2, -0.15) is 5.10 Å². The minimum atomic E-state index is -0.214. The van der Waals surface area contributed by atoms with Gasteiger partial charge in [0.2, 0.25) is 0 Å². The molecule has 23 heavy (non-hydrogen) atoms. The lowest BCUT2D eigenvalue weighted by atomic mass is 10.0. The van der Waals surface area contributed by atoms with E-state index in [2.05, 4.69) is 15.1 Å². The molecule has 3 heterocycles. The van der Waals surface area contributed by atoms with Gasteiger partial charge in [-0.1, -0.05) is 0 Å². The maximum Gasteiger partial charge on any atom is 0.162 e. The molecule has 2 aliphatic rings. The zero-order valence-electron chi connectivity index (χ0n) is 13.0. The number of aromatic nitrogens is 2. The predicted molar refractivity (Wildman–Crippen MR) is 85.5 cm³/mol. The highest BCUT2D eigenvalue weighted by molar-refractivity contribution is 5.66. The van der Waals surface area contributed by atoms with Crippen molar-refractivity contribution in [1.29, 1.82) is 0 Å². The van der Waals surface area contributed by atoms with Gasteiger partial charge in [0.1, 0.15) is 13.2 Å². The zero-order chi connectivity index (χ0) is 15.6. The molecule has 0 amide bonds. The molecule has 1 aromatic carbocycles. The van der Waals surface area contributed by atoms with Crippen LogP contribution >= 0.6 is 0 Å². The van der Waals surface area contributed by atoms with Crippen molar-refractivity contribution >= 4 is 0 Å². The molecule has 2 aromatic rings. The highest BCUT2D eigenvalue weighted by Crippen LogP contribution is 2.35. The average Bonchev–Trinajstić information content (AvgIpc) is 3.02. The second kappa shape index (κ2) is 6.22. The molecule has 2 aliphatic heterocycles. The number of hydrogen-bond donors (Lipinski definition) is 2. The monoisotopic (exact) mass is 315 g/mol. The van der Waals surface area contributed by atoms with Gasteiger partial charge < -0.3 is 14.6 Å². The number of rotatable bonds is 3. The molecule has 1 fully saturated rings. The Morgan fingerprint density at radius 1 is 1.26 bits per heavy atom. The zero-order valence-corrected chi connectivity index (χ0v) is 13.0. The second-order valence-corrected chi connectivity index (χ2v) is 6.16. The molecular weight excluding hydrogens is 294 g/mol. The van der Waals surface area contributed by atoms with Crippen molar-refractivity contribution in [3.63, 3.8) is 0 Å². The van der Waals surface area contributed by atoms with E-state index in [0.29, 0.717) is 13.2 Å². The first-order chi connectivity index (χ1) is 11.3. The molecule has 2 N–H and O–H groups in total. The van der Waals surface area contributed by atoms with E-state index in [0.717, 1.165) is 60.8 Å². The number of aliphatic hydroxyl groups is 1. The number of ether oxygens (including phenoxy) is 2. The van der Waals surface area contributed by atoms with Gasteiger partial charge in [0.15, 0.2) is 11.5 Å². The number of piperidine rings is 1. The summed E-state index contributed by atoms with van der Waals surface area (Å²) in [5, 5.41) is 17.1. The Hall–Kier alpha value is -2.05. The molecule has 4 rings (SSSR count). The lowest BCUT2D eigenvalue weighted by molar-refractivity contribution is 0.0669. The highest BCUT2D eigenvalue weighted by Gasteiger charge is 2.20. The molecule has 1 unspecified atom stereocenters. The van der Waals surface area contributed by atoms with Crippen molar-refractivity contribution in [2.75, 3.05) is 26.3 Å². The van der Waals surface area contributed by atoms with Crippen LogP contribution in [0.25, 0.3) is 11.3 Å². The molecule has 6 heteroatoms. The topological polar surface area (TPSA) is 70.6 Å². The van der Waals surface area contributed by atoms with Crippen molar-refractivity contribution in [2.45, 2.75) is 25.5 Å². The van der Waals surface area contributed by atoms with Crippen LogP contribution in [0.3, 0.4) is 0 Å². The highest BCUT2D eigenvalue weighted by atomic mass is 16.6. The van der Waals surface area contributed by atoms with Crippen molar-refractivity contribution in [3.8, 4) is 22.8 Å². The van der Waals surface area contributed by atoms with E-state index in [1.54, 1.807) is 0 Å². The normalized spacial score (nSPS) is 21.3. The minimum absolute atomic E-state index is 0.214. The van der Waals surface area contributed by atoms with E-state index in [-0.39, 0.29) is 6.10 Å². The van der Waals surface area contributed by atoms with E-state index in [1.165, 1.54) is 0 Å². The van der Waals surface area contributed by atoms with Crippen molar-refractivity contribution in [2.24, 2.45) is 0 Å². The molecule has 0 bridgehead atoms. The molecule has 0 saturated carbocycles. The molecule has 0 aliphatic carbocycles. The molecule has 1 saturated heterocycles. The summed E-state index contributed by atoms with van der Waals surface area (Å²) >= 11 is 0. The van der Waals surface area contributed by atoms with Gasteiger partial charge in [-0.3, -0.25) is 10.00 Å². The van der Waals surface area contributed by atoms with Crippen LogP contribution in [-0.2, 0) is 6.54 Å². The summed E-state index contributed by atoms with van der Waals surface area (Å²) in [7, 11) is 0. The first-order valence-electron chi connectivity index (χ1n) is 8.12. The number of H-pyrrole nitrogens is 1. The van der Waals surface area contributed by atoms with E-state index in [9.17, 15) is 5.11 Å². The fourth-order valence-corrected chi connectivity index (χ4v) is 3.30. The van der Waals surface area contributed by atoms with Crippen LogP contribution < -0.4 is 9.47 Å². The molecule has 6 nitrogen and oxygen atoms in total. The number of aromatic amines is 1. The number of fused-ring (bicyclic) bond motifs is 1. The van der Waals surface area contributed by atoms with Crippen LogP contribution in [0.15, 0.2) is 24.4 Å². The van der Waals surface area contributed by atoms with Gasteiger partial charge in [-0.15, -0.1) is 0 Å². The summed E-state index contributed by atoms with van der Waals surface area (Å²) in [4.78, 5) is 2.28. The Balaban J connectivity index is 1.57. The van der Waals surface area contributed by atoms with Crippen LogP contribution in [0.4, 0.5) is 0 Å². The van der Waals surface area contributed by atoms with Crippen LogP contribution in [0.5, 0.6) is 11.5 Å². The number of hydrogen-bond acceptors (Lipinski definition) is 5. The lowest BCUT2D eigenvalue weighted by Crippen LogP contribution is -2.37. The molecule has 0 radical (unpaired) electrons. The second-order valence-electron chi connectivity index (χ2n) is 6.16. The molecule has 1 atom stereocenters. The predicted octanol–water partition coefficient (Wildman–Crippen LogP) is 1.80. The van der Waals surface area contributed by atoms with Crippen molar-refractivity contribution in [1.82, 2.24) is 15.1 Å². The van der Waals surface area contributed by atoms with Gasteiger partial charge >= 0.3 is 0 Å². The van der Waals surface area contributed by atoms with Gasteiger partial charge in [-0.25, -0.2) is 0 Å².